The molecule has 0 aliphatic heterocycles. The van der Waals surface area contributed by atoms with Crippen molar-refractivity contribution in [1.82, 2.24) is 0 Å². The van der Waals surface area contributed by atoms with Crippen LogP contribution in [0.25, 0.3) is 0 Å². The molecule has 80 valence electrons. The predicted molar refractivity (Wildman–Crippen MR) is 37.4 cm³/mol. The Morgan fingerprint density at radius 3 is 2.07 bits per heavy atom. The van der Waals surface area contributed by atoms with Gasteiger partial charge in [-0.3, -0.25) is 0 Å². The molecule has 0 bridgehead atoms. The average Bonchev–Trinajstić information content (AvgIpc) is 2.01. The van der Waals surface area contributed by atoms with E-state index in [-0.39, 0.29) is 0 Å². The number of hydrogen-bond acceptors (Lipinski definition) is 0. The Bertz CT molecular complexity index is 267. The maximum Gasteiger partial charge on any atom is 0.412 e. The van der Waals surface area contributed by atoms with Crippen molar-refractivity contribution in [2.75, 3.05) is 0 Å². The van der Waals surface area contributed by atoms with Crippen molar-refractivity contribution >= 4 is 0 Å². The van der Waals surface area contributed by atoms with Gasteiger partial charge in [-0.05, 0) is 6.42 Å². The van der Waals surface area contributed by atoms with Gasteiger partial charge >= 0.3 is 12.4 Å². The number of rotatable bonds is 0. The highest BCUT2D eigenvalue weighted by Gasteiger charge is 2.44. The summed E-state index contributed by atoms with van der Waals surface area (Å²) in [5.74, 6) is -2.02. The molecule has 0 aromatic rings. The summed E-state index contributed by atoms with van der Waals surface area (Å²) in [6.45, 7) is 0. The number of allylic oxidation sites excluding steroid dienone is 4. The molecule has 0 spiro atoms. The molecule has 0 aromatic heterocycles. The van der Waals surface area contributed by atoms with Crippen LogP contribution in [0.5, 0.6) is 0 Å². The van der Waals surface area contributed by atoms with Gasteiger partial charge in [-0.15, -0.1) is 0 Å². The van der Waals surface area contributed by atoms with E-state index in [9.17, 15) is 26.3 Å². The fourth-order valence-corrected chi connectivity index (χ4v) is 1.11. The van der Waals surface area contributed by atoms with Crippen molar-refractivity contribution in [3.63, 3.8) is 0 Å². The van der Waals surface area contributed by atoms with Crippen LogP contribution in [0.15, 0.2) is 23.8 Å². The van der Waals surface area contributed by atoms with Gasteiger partial charge in [0.25, 0.3) is 0 Å². The van der Waals surface area contributed by atoms with E-state index in [2.05, 4.69) is 0 Å². The molecule has 0 saturated carbocycles. The zero-order valence-corrected chi connectivity index (χ0v) is 6.78. The lowest BCUT2D eigenvalue weighted by Crippen LogP contribution is -2.26. The normalized spacial score (nSPS) is 23.6. The van der Waals surface area contributed by atoms with Crippen molar-refractivity contribution in [1.29, 1.82) is 0 Å². The van der Waals surface area contributed by atoms with E-state index in [0.29, 0.717) is 6.08 Å². The molecule has 1 aliphatic rings. The standard InChI is InChI=1S/C8H6F6/c9-7(10,11)5-2-1-3-6(4-5)8(12,13)14/h1-3,5H,4H2/t5-/m0/s1. The summed E-state index contributed by atoms with van der Waals surface area (Å²) in [5, 5.41) is 0. The summed E-state index contributed by atoms with van der Waals surface area (Å²) >= 11 is 0. The van der Waals surface area contributed by atoms with Crippen LogP contribution >= 0.6 is 0 Å². The zero-order valence-electron chi connectivity index (χ0n) is 6.78. The Balaban J connectivity index is 2.80. The Hall–Kier alpha value is -0.940. The van der Waals surface area contributed by atoms with E-state index < -0.39 is 30.3 Å². The summed E-state index contributed by atoms with van der Waals surface area (Å²) in [7, 11) is 0. The third-order valence-electron chi connectivity index (χ3n) is 1.87. The van der Waals surface area contributed by atoms with Gasteiger partial charge in [-0.1, -0.05) is 18.2 Å². The zero-order chi connectivity index (χ0) is 11.0. The minimum Gasteiger partial charge on any atom is -0.170 e. The summed E-state index contributed by atoms with van der Waals surface area (Å²) in [5.41, 5.74) is -1.14. The molecule has 0 fully saturated rings. The van der Waals surface area contributed by atoms with Gasteiger partial charge in [0.1, 0.15) is 0 Å². The molecular formula is C8H6F6. The molecule has 0 radical (unpaired) electrons. The molecular weight excluding hydrogens is 210 g/mol. The van der Waals surface area contributed by atoms with E-state index >= 15 is 0 Å². The van der Waals surface area contributed by atoms with Gasteiger partial charge in [-0.25, -0.2) is 0 Å². The summed E-state index contributed by atoms with van der Waals surface area (Å²) < 4.78 is 72.3. The Morgan fingerprint density at radius 2 is 1.64 bits per heavy atom. The van der Waals surface area contributed by atoms with Crippen LogP contribution in [-0.2, 0) is 0 Å². The quantitative estimate of drug-likeness (QED) is 0.542. The molecule has 1 atom stereocenters. The smallest absolute Gasteiger partial charge is 0.170 e. The monoisotopic (exact) mass is 216 g/mol. The van der Waals surface area contributed by atoms with Gasteiger partial charge in [0.2, 0.25) is 0 Å². The minimum atomic E-state index is -4.67. The molecule has 1 aliphatic carbocycles. The fourth-order valence-electron chi connectivity index (χ4n) is 1.11. The van der Waals surface area contributed by atoms with Crippen LogP contribution in [0.4, 0.5) is 26.3 Å². The second kappa shape index (κ2) is 3.33. The van der Waals surface area contributed by atoms with Crippen molar-refractivity contribution in [3.05, 3.63) is 23.8 Å². The molecule has 0 amide bonds. The van der Waals surface area contributed by atoms with Crippen molar-refractivity contribution in [3.8, 4) is 0 Å². The Kier molecular flexibility index (Phi) is 2.65. The summed E-state index contributed by atoms with van der Waals surface area (Å²) in [6.07, 6.45) is -8.11. The molecule has 1 rings (SSSR count). The SMILES string of the molecule is FC(F)(F)C1=CC=C[C@H](C(F)(F)F)C1. The Morgan fingerprint density at radius 1 is 1.07 bits per heavy atom. The van der Waals surface area contributed by atoms with E-state index in [0.717, 1.165) is 12.2 Å². The van der Waals surface area contributed by atoms with E-state index in [1.807, 2.05) is 0 Å². The van der Waals surface area contributed by atoms with E-state index in [4.69, 9.17) is 0 Å². The predicted octanol–water partition coefficient (Wildman–Crippen LogP) is 3.61. The lowest BCUT2D eigenvalue weighted by molar-refractivity contribution is -0.165. The molecule has 6 heteroatoms. The highest BCUT2D eigenvalue weighted by atomic mass is 19.4. The van der Waals surface area contributed by atoms with Gasteiger partial charge in [0.15, 0.2) is 0 Å². The van der Waals surface area contributed by atoms with Crippen molar-refractivity contribution < 1.29 is 26.3 Å². The first-order valence-electron chi connectivity index (χ1n) is 3.72. The van der Waals surface area contributed by atoms with Crippen LogP contribution in [0.3, 0.4) is 0 Å². The third kappa shape index (κ3) is 2.52. The maximum absolute atomic E-state index is 12.1. The number of alkyl halides is 6. The highest BCUT2D eigenvalue weighted by Crippen LogP contribution is 2.39. The molecule has 0 saturated heterocycles. The Labute approximate surface area is 75.9 Å². The van der Waals surface area contributed by atoms with Crippen molar-refractivity contribution in [2.24, 2.45) is 5.92 Å². The minimum absolute atomic E-state index is 0.669. The van der Waals surface area contributed by atoms with Crippen LogP contribution in [0.2, 0.25) is 0 Å². The van der Waals surface area contributed by atoms with Crippen LogP contribution in [-0.4, -0.2) is 12.4 Å². The lowest BCUT2D eigenvalue weighted by Gasteiger charge is -2.22. The van der Waals surface area contributed by atoms with Crippen LogP contribution < -0.4 is 0 Å². The van der Waals surface area contributed by atoms with Gasteiger partial charge in [0.05, 0.1) is 5.92 Å². The largest absolute Gasteiger partial charge is 0.412 e. The average molecular weight is 216 g/mol. The van der Waals surface area contributed by atoms with E-state index in [1.165, 1.54) is 0 Å². The molecule has 0 heterocycles. The molecule has 0 unspecified atom stereocenters. The van der Waals surface area contributed by atoms with Gasteiger partial charge in [-0.2, -0.15) is 26.3 Å². The fraction of sp³-hybridized carbons (Fsp3) is 0.500. The van der Waals surface area contributed by atoms with Gasteiger partial charge in [0, 0.05) is 5.57 Å². The summed E-state index contributed by atoms with van der Waals surface area (Å²) in [6, 6.07) is 0. The molecule has 0 N–H and O–H groups in total. The molecule has 0 aromatic carbocycles. The maximum atomic E-state index is 12.1. The highest BCUT2D eigenvalue weighted by molar-refractivity contribution is 5.24. The number of halogens is 6. The van der Waals surface area contributed by atoms with Gasteiger partial charge < -0.3 is 0 Å². The van der Waals surface area contributed by atoms with Crippen molar-refractivity contribution in [2.45, 2.75) is 18.8 Å². The van der Waals surface area contributed by atoms with Crippen LogP contribution in [0, 0.1) is 5.92 Å². The second-order valence-electron chi connectivity index (χ2n) is 2.93. The first-order valence-corrected chi connectivity index (χ1v) is 3.72. The number of hydrogen-bond donors (Lipinski definition) is 0. The molecule has 0 nitrogen and oxygen atoms in total. The topological polar surface area (TPSA) is 0 Å². The second-order valence-corrected chi connectivity index (χ2v) is 2.93. The van der Waals surface area contributed by atoms with E-state index in [1.54, 1.807) is 0 Å². The lowest BCUT2D eigenvalue weighted by atomic mass is 9.93. The summed E-state index contributed by atoms with van der Waals surface area (Å²) in [4.78, 5) is 0. The molecule has 14 heavy (non-hydrogen) atoms. The third-order valence-corrected chi connectivity index (χ3v) is 1.87. The first kappa shape index (κ1) is 11.1. The first-order chi connectivity index (χ1) is 6.21. The van der Waals surface area contributed by atoms with Crippen LogP contribution in [0.1, 0.15) is 6.42 Å².